The Labute approximate surface area is 138 Å². The van der Waals surface area contributed by atoms with Gasteiger partial charge in [0.25, 0.3) is 5.91 Å². The van der Waals surface area contributed by atoms with Crippen LogP contribution in [-0.4, -0.2) is 39.8 Å². The number of methoxy groups -OCH3 is 2. The minimum Gasteiger partial charge on any atom is -0.496 e. The lowest BCUT2D eigenvalue weighted by Gasteiger charge is -2.23. The van der Waals surface area contributed by atoms with Crippen molar-refractivity contribution in [3.05, 3.63) is 23.3 Å². The van der Waals surface area contributed by atoms with Gasteiger partial charge in [0.2, 0.25) is 0 Å². The molecule has 2 rings (SSSR count). The maximum atomic E-state index is 12.3. The zero-order valence-corrected chi connectivity index (χ0v) is 14.2. The van der Waals surface area contributed by atoms with Crippen molar-refractivity contribution in [2.45, 2.75) is 19.8 Å². The zero-order chi connectivity index (χ0) is 15.2. The molecule has 1 fully saturated rings. The van der Waals surface area contributed by atoms with E-state index in [9.17, 15) is 4.79 Å². The number of halogens is 1. The van der Waals surface area contributed by atoms with Crippen LogP contribution < -0.4 is 20.1 Å². The van der Waals surface area contributed by atoms with Crippen LogP contribution >= 0.6 is 12.4 Å². The summed E-state index contributed by atoms with van der Waals surface area (Å²) in [7, 11) is 3.19. The number of amides is 1. The summed E-state index contributed by atoms with van der Waals surface area (Å²) in [5.74, 6) is 1.76. The lowest BCUT2D eigenvalue weighted by Crippen LogP contribution is -2.38. The molecule has 1 atom stereocenters. The van der Waals surface area contributed by atoms with E-state index in [4.69, 9.17) is 9.47 Å². The highest BCUT2D eigenvalue weighted by molar-refractivity contribution is 5.95. The van der Waals surface area contributed by atoms with Crippen molar-refractivity contribution < 1.29 is 14.3 Å². The standard InChI is InChI=1S/C16H24N2O3.ClH/c1-11-14(20-2)7-13(8-15(11)21-3)16(19)18-10-12-5-4-6-17-9-12;/h7-8,12,17H,4-6,9-10H2,1-3H3,(H,18,19);1H. The van der Waals surface area contributed by atoms with Gasteiger partial charge in [0.1, 0.15) is 11.5 Å². The highest BCUT2D eigenvalue weighted by Crippen LogP contribution is 2.29. The van der Waals surface area contributed by atoms with Crippen LogP contribution in [0.25, 0.3) is 0 Å². The molecular weight excluding hydrogens is 304 g/mol. The van der Waals surface area contributed by atoms with Gasteiger partial charge in [-0.25, -0.2) is 0 Å². The molecule has 5 nitrogen and oxygen atoms in total. The molecule has 0 aliphatic carbocycles. The Bertz CT molecular complexity index is 477. The Kier molecular flexibility index (Phi) is 7.48. The van der Waals surface area contributed by atoms with Gasteiger partial charge >= 0.3 is 0 Å². The summed E-state index contributed by atoms with van der Waals surface area (Å²) in [5, 5.41) is 6.35. The first-order valence-electron chi connectivity index (χ1n) is 7.37. The molecule has 1 aliphatic rings. The fraction of sp³-hybridized carbons (Fsp3) is 0.562. The van der Waals surface area contributed by atoms with Gasteiger partial charge in [-0.3, -0.25) is 4.79 Å². The molecule has 1 heterocycles. The predicted octanol–water partition coefficient (Wildman–Crippen LogP) is 2.16. The first-order chi connectivity index (χ1) is 10.2. The van der Waals surface area contributed by atoms with E-state index in [1.165, 1.54) is 6.42 Å². The normalized spacial score (nSPS) is 17.3. The molecular formula is C16H25ClN2O3. The van der Waals surface area contributed by atoms with E-state index in [1.807, 2.05) is 6.92 Å². The molecule has 0 radical (unpaired) electrons. The molecule has 0 bridgehead atoms. The molecule has 22 heavy (non-hydrogen) atoms. The van der Waals surface area contributed by atoms with Gasteiger partial charge in [-0.05, 0) is 50.9 Å². The molecule has 0 aromatic heterocycles. The zero-order valence-electron chi connectivity index (χ0n) is 13.4. The third-order valence-corrected chi connectivity index (χ3v) is 3.96. The van der Waals surface area contributed by atoms with Gasteiger partial charge in [0.05, 0.1) is 14.2 Å². The maximum Gasteiger partial charge on any atom is 0.251 e. The highest BCUT2D eigenvalue weighted by atomic mass is 35.5. The van der Waals surface area contributed by atoms with Crippen LogP contribution in [0.1, 0.15) is 28.8 Å². The Morgan fingerprint density at radius 3 is 2.45 bits per heavy atom. The van der Waals surface area contributed by atoms with Crippen LogP contribution in [-0.2, 0) is 0 Å². The van der Waals surface area contributed by atoms with Crippen molar-refractivity contribution in [3.63, 3.8) is 0 Å². The molecule has 1 amide bonds. The molecule has 6 heteroatoms. The summed E-state index contributed by atoms with van der Waals surface area (Å²) in [4.78, 5) is 12.3. The molecule has 1 saturated heterocycles. The second-order valence-electron chi connectivity index (χ2n) is 5.43. The van der Waals surface area contributed by atoms with E-state index >= 15 is 0 Å². The first-order valence-corrected chi connectivity index (χ1v) is 7.37. The summed E-state index contributed by atoms with van der Waals surface area (Å²) in [6.45, 7) is 4.66. The predicted molar refractivity (Wildman–Crippen MR) is 89.5 cm³/mol. The second kappa shape index (κ2) is 8.86. The van der Waals surface area contributed by atoms with E-state index in [1.54, 1.807) is 26.4 Å². The lowest BCUT2D eigenvalue weighted by molar-refractivity contribution is 0.0944. The number of carbonyl (C=O) groups excluding carboxylic acids is 1. The second-order valence-corrected chi connectivity index (χ2v) is 5.43. The van der Waals surface area contributed by atoms with Crippen molar-refractivity contribution in [2.24, 2.45) is 5.92 Å². The van der Waals surface area contributed by atoms with Crippen molar-refractivity contribution in [3.8, 4) is 11.5 Å². The van der Waals surface area contributed by atoms with Crippen molar-refractivity contribution >= 4 is 18.3 Å². The number of benzene rings is 1. The van der Waals surface area contributed by atoms with Crippen LogP contribution in [0, 0.1) is 12.8 Å². The largest absolute Gasteiger partial charge is 0.496 e. The quantitative estimate of drug-likeness (QED) is 0.869. The Morgan fingerprint density at radius 1 is 1.32 bits per heavy atom. The van der Waals surface area contributed by atoms with E-state index in [-0.39, 0.29) is 18.3 Å². The fourth-order valence-corrected chi connectivity index (χ4v) is 2.65. The van der Waals surface area contributed by atoms with Crippen LogP contribution in [0.5, 0.6) is 11.5 Å². The summed E-state index contributed by atoms with van der Waals surface area (Å²) < 4.78 is 10.6. The monoisotopic (exact) mass is 328 g/mol. The van der Waals surface area contributed by atoms with Gasteiger partial charge in [-0.1, -0.05) is 0 Å². The van der Waals surface area contributed by atoms with Crippen molar-refractivity contribution in [1.82, 2.24) is 10.6 Å². The van der Waals surface area contributed by atoms with E-state index in [0.29, 0.717) is 29.5 Å². The molecule has 1 aromatic rings. The number of hydrogen-bond donors (Lipinski definition) is 2. The topological polar surface area (TPSA) is 59.6 Å². The number of hydrogen-bond acceptors (Lipinski definition) is 4. The SMILES string of the molecule is COc1cc(C(=O)NCC2CCCNC2)cc(OC)c1C.Cl. The van der Waals surface area contributed by atoms with Crippen LogP contribution in [0.4, 0.5) is 0 Å². The number of piperidine rings is 1. The Morgan fingerprint density at radius 2 is 1.95 bits per heavy atom. The molecule has 2 N–H and O–H groups in total. The summed E-state index contributed by atoms with van der Waals surface area (Å²) in [6.07, 6.45) is 2.33. The molecule has 0 saturated carbocycles. The van der Waals surface area contributed by atoms with Gasteiger partial charge in [-0.15, -0.1) is 12.4 Å². The van der Waals surface area contributed by atoms with Gasteiger partial charge in [-0.2, -0.15) is 0 Å². The van der Waals surface area contributed by atoms with E-state index in [0.717, 1.165) is 25.1 Å². The van der Waals surface area contributed by atoms with Crippen LogP contribution in [0.3, 0.4) is 0 Å². The Hall–Kier alpha value is -1.46. The molecule has 0 spiro atoms. The van der Waals surface area contributed by atoms with Crippen LogP contribution in [0.2, 0.25) is 0 Å². The first kappa shape index (κ1) is 18.6. The highest BCUT2D eigenvalue weighted by Gasteiger charge is 2.16. The number of ether oxygens (including phenoxy) is 2. The van der Waals surface area contributed by atoms with Crippen molar-refractivity contribution in [1.29, 1.82) is 0 Å². The molecule has 1 aromatic carbocycles. The summed E-state index contributed by atoms with van der Waals surface area (Å²) >= 11 is 0. The minimum atomic E-state index is -0.0860. The van der Waals surface area contributed by atoms with Crippen molar-refractivity contribution in [2.75, 3.05) is 33.9 Å². The third-order valence-electron chi connectivity index (χ3n) is 3.96. The summed E-state index contributed by atoms with van der Waals surface area (Å²) in [6, 6.07) is 3.51. The van der Waals surface area contributed by atoms with E-state index in [2.05, 4.69) is 10.6 Å². The lowest BCUT2D eigenvalue weighted by atomic mass is 9.99. The molecule has 124 valence electrons. The van der Waals surface area contributed by atoms with Gasteiger partial charge in [0.15, 0.2) is 0 Å². The Balaban J connectivity index is 0.00000242. The summed E-state index contributed by atoms with van der Waals surface area (Å²) in [5.41, 5.74) is 1.46. The fourth-order valence-electron chi connectivity index (χ4n) is 2.65. The smallest absolute Gasteiger partial charge is 0.251 e. The minimum absolute atomic E-state index is 0. The van der Waals surface area contributed by atoms with E-state index < -0.39 is 0 Å². The number of nitrogens with one attached hydrogen (secondary N) is 2. The molecule has 1 unspecified atom stereocenters. The van der Waals surface area contributed by atoms with Gasteiger partial charge < -0.3 is 20.1 Å². The third kappa shape index (κ3) is 4.52. The average Bonchev–Trinajstić information content (AvgIpc) is 2.53. The molecule has 1 aliphatic heterocycles. The number of rotatable bonds is 5. The van der Waals surface area contributed by atoms with Crippen LogP contribution in [0.15, 0.2) is 12.1 Å². The maximum absolute atomic E-state index is 12.3. The van der Waals surface area contributed by atoms with Gasteiger partial charge in [0, 0.05) is 17.7 Å². The number of carbonyl (C=O) groups is 1. The average molecular weight is 329 g/mol.